The second-order valence-electron chi connectivity index (χ2n) is 6.18. The largest absolute Gasteiger partial charge is 0.508 e. The number of aliphatic hydroxyl groups is 1. The molecule has 138 valence electrons. The number of aromatic hydroxyl groups is 1. The van der Waals surface area contributed by atoms with E-state index in [0.29, 0.717) is 29.8 Å². The quantitative estimate of drug-likeness (QED) is 0.396. The number of halogens is 1. The number of para-hydroxylation sites is 2. The lowest BCUT2D eigenvalue weighted by molar-refractivity contribution is -0.111. The normalized spacial score (nSPS) is 13.5. The number of nitrogens with one attached hydrogen (secondary N) is 1. The average Bonchev–Trinajstić information content (AvgIpc) is 2.62. The van der Waals surface area contributed by atoms with Crippen LogP contribution in [0, 0.1) is 5.92 Å². The van der Waals surface area contributed by atoms with Crippen molar-refractivity contribution in [3.63, 3.8) is 0 Å². The van der Waals surface area contributed by atoms with E-state index in [1.807, 2.05) is 6.92 Å². The smallest absolute Gasteiger partial charge is 0.248 e. The molecule has 2 aromatic rings. The van der Waals surface area contributed by atoms with Crippen molar-refractivity contribution in [3.8, 4) is 5.75 Å². The van der Waals surface area contributed by atoms with E-state index in [9.17, 15) is 15.0 Å². The van der Waals surface area contributed by atoms with Crippen LogP contribution in [0.15, 0.2) is 59.1 Å². The van der Waals surface area contributed by atoms with Gasteiger partial charge in [-0.15, -0.1) is 0 Å². The number of carbonyl (C=O) groups is 1. The summed E-state index contributed by atoms with van der Waals surface area (Å²) in [5.74, 6) is -0.253. The third-order valence-electron chi connectivity index (χ3n) is 4.12. The Labute approximate surface area is 161 Å². The summed E-state index contributed by atoms with van der Waals surface area (Å²) >= 11 is 3.34. The molecule has 0 spiro atoms. The lowest BCUT2D eigenvalue weighted by Crippen LogP contribution is -2.10. The fourth-order valence-electron chi connectivity index (χ4n) is 2.56. The van der Waals surface area contributed by atoms with Crippen molar-refractivity contribution in [3.05, 3.63) is 64.7 Å². The van der Waals surface area contributed by atoms with E-state index >= 15 is 0 Å². The molecule has 5 nitrogen and oxygen atoms in total. The highest BCUT2D eigenvalue weighted by Gasteiger charge is 2.19. The number of nitrogen functional groups attached to an aromatic ring is 1. The molecule has 0 aromatic heterocycles. The fourth-order valence-corrected chi connectivity index (χ4v) is 2.94. The van der Waals surface area contributed by atoms with Crippen molar-refractivity contribution < 1.29 is 15.0 Å². The Bertz CT molecular complexity index is 792. The standard InChI is InChI=1S/C20H23BrN2O3/c1-13(20(26)15-12-14(21)10-11-18(15)24)6-2-5-9-19(25)23-17-8-4-3-7-16(17)22/h3-5,7-13,20,24,26H,2,6,22H2,1H3,(H,23,25)/b9-5+/t13-,20+/m1/s1. The van der Waals surface area contributed by atoms with E-state index < -0.39 is 6.10 Å². The first-order valence-electron chi connectivity index (χ1n) is 8.37. The maximum atomic E-state index is 11.9. The molecule has 26 heavy (non-hydrogen) atoms. The Kier molecular flexibility index (Phi) is 7.24. The third kappa shape index (κ3) is 5.61. The first-order valence-corrected chi connectivity index (χ1v) is 9.16. The zero-order valence-electron chi connectivity index (χ0n) is 14.5. The predicted molar refractivity (Wildman–Crippen MR) is 108 cm³/mol. The summed E-state index contributed by atoms with van der Waals surface area (Å²) in [7, 11) is 0. The number of phenols is 1. The zero-order valence-corrected chi connectivity index (χ0v) is 16.1. The van der Waals surface area contributed by atoms with E-state index in [2.05, 4.69) is 21.2 Å². The lowest BCUT2D eigenvalue weighted by Gasteiger charge is -2.19. The number of amides is 1. The summed E-state index contributed by atoms with van der Waals surface area (Å²) in [4.78, 5) is 11.9. The maximum Gasteiger partial charge on any atom is 0.248 e. The Morgan fingerprint density at radius 1 is 1.31 bits per heavy atom. The molecule has 0 aliphatic rings. The molecule has 0 unspecified atom stereocenters. The molecule has 2 aromatic carbocycles. The summed E-state index contributed by atoms with van der Waals surface area (Å²) in [5.41, 5.74) is 7.37. The van der Waals surface area contributed by atoms with Gasteiger partial charge in [0.1, 0.15) is 5.75 Å². The topological polar surface area (TPSA) is 95.6 Å². The van der Waals surface area contributed by atoms with Gasteiger partial charge in [0.25, 0.3) is 0 Å². The Hall–Kier alpha value is -2.31. The highest BCUT2D eigenvalue weighted by molar-refractivity contribution is 9.10. The number of carbonyl (C=O) groups excluding carboxylic acids is 1. The fraction of sp³-hybridized carbons (Fsp3) is 0.250. The van der Waals surface area contributed by atoms with Crippen LogP contribution in [-0.2, 0) is 4.79 Å². The SMILES string of the molecule is C[C@H](CC/C=C/C(=O)Nc1ccccc1N)[C@H](O)c1cc(Br)ccc1O. The van der Waals surface area contributed by atoms with Gasteiger partial charge < -0.3 is 21.3 Å². The van der Waals surface area contributed by atoms with Crippen LogP contribution in [0.1, 0.15) is 31.4 Å². The van der Waals surface area contributed by atoms with Crippen LogP contribution in [-0.4, -0.2) is 16.1 Å². The summed E-state index contributed by atoms with van der Waals surface area (Å²) in [6, 6.07) is 12.0. The summed E-state index contributed by atoms with van der Waals surface area (Å²) in [6.45, 7) is 1.91. The molecule has 1 amide bonds. The number of aliphatic hydroxyl groups excluding tert-OH is 1. The molecule has 0 bridgehead atoms. The minimum Gasteiger partial charge on any atom is -0.508 e. The number of rotatable bonds is 7. The Morgan fingerprint density at radius 2 is 2.04 bits per heavy atom. The minimum absolute atomic E-state index is 0.0721. The van der Waals surface area contributed by atoms with Crippen LogP contribution < -0.4 is 11.1 Å². The zero-order chi connectivity index (χ0) is 19.1. The lowest BCUT2D eigenvalue weighted by atomic mass is 9.93. The van der Waals surface area contributed by atoms with Gasteiger partial charge in [0.05, 0.1) is 17.5 Å². The van der Waals surface area contributed by atoms with E-state index in [1.54, 1.807) is 48.5 Å². The molecule has 0 radical (unpaired) electrons. The molecular formula is C20H23BrN2O3. The van der Waals surface area contributed by atoms with Crippen LogP contribution in [0.4, 0.5) is 11.4 Å². The second kappa shape index (κ2) is 9.40. The number of anilines is 2. The van der Waals surface area contributed by atoms with Gasteiger partial charge in [-0.1, -0.05) is 41.1 Å². The van der Waals surface area contributed by atoms with Crippen LogP contribution in [0.2, 0.25) is 0 Å². The second-order valence-corrected chi connectivity index (χ2v) is 7.10. The number of phenolic OH excluding ortho intramolecular Hbond substituents is 1. The van der Waals surface area contributed by atoms with Gasteiger partial charge in [-0.05, 0) is 55.2 Å². The molecular weight excluding hydrogens is 396 g/mol. The van der Waals surface area contributed by atoms with Crippen molar-refractivity contribution in [2.24, 2.45) is 5.92 Å². The predicted octanol–water partition coefficient (Wildman–Crippen LogP) is 4.38. The number of hydrogen-bond acceptors (Lipinski definition) is 4. The summed E-state index contributed by atoms with van der Waals surface area (Å²) in [5, 5.41) is 23.1. The van der Waals surface area contributed by atoms with Crippen LogP contribution in [0.5, 0.6) is 5.75 Å². The van der Waals surface area contributed by atoms with Crippen LogP contribution in [0.25, 0.3) is 0 Å². The van der Waals surface area contributed by atoms with Gasteiger partial charge >= 0.3 is 0 Å². The average molecular weight is 419 g/mol. The molecule has 2 atom stereocenters. The molecule has 0 saturated carbocycles. The van der Waals surface area contributed by atoms with Gasteiger partial charge in [-0.3, -0.25) is 4.79 Å². The summed E-state index contributed by atoms with van der Waals surface area (Å²) < 4.78 is 0.799. The molecule has 6 heteroatoms. The minimum atomic E-state index is -0.779. The van der Waals surface area contributed by atoms with Crippen molar-refractivity contribution in [1.29, 1.82) is 0 Å². The molecule has 0 aliphatic heterocycles. The summed E-state index contributed by atoms with van der Waals surface area (Å²) in [6.07, 6.45) is 3.74. The maximum absolute atomic E-state index is 11.9. The number of benzene rings is 2. The van der Waals surface area contributed by atoms with E-state index in [1.165, 1.54) is 6.08 Å². The Morgan fingerprint density at radius 3 is 2.77 bits per heavy atom. The number of allylic oxidation sites excluding steroid dienone is 1. The van der Waals surface area contributed by atoms with E-state index in [0.717, 1.165) is 4.47 Å². The van der Waals surface area contributed by atoms with Gasteiger partial charge in [-0.2, -0.15) is 0 Å². The van der Waals surface area contributed by atoms with Gasteiger partial charge in [0, 0.05) is 10.0 Å². The monoisotopic (exact) mass is 418 g/mol. The molecule has 0 aliphatic carbocycles. The number of nitrogens with two attached hydrogens (primary N) is 1. The molecule has 2 rings (SSSR count). The molecule has 0 saturated heterocycles. The highest BCUT2D eigenvalue weighted by atomic mass is 79.9. The van der Waals surface area contributed by atoms with Gasteiger partial charge in [0.2, 0.25) is 5.91 Å². The van der Waals surface area contributed by atoms with Crippen molar-refractivity contribution in [2.75, 3.05) is 11.1 Å². The first-order chi connectivity index (χ1) is 12.4. The van der Waals surface area contributed by atoms with Crippen molar-refractivity contribution in [1.82, 2.24) is 0 Å². The molecule has 5 N–H and O–H groups in total. The van der Waals surface area contributed by atoms with Crippen LogP contribution in [0.3, 0.4) is 0 Å². The highest BCUT2D eigenvalue weighted by Crippen LogP contribution is 2.33. The first kappa shape index (κ1) is 20.0. The van der Waals surface area contributed by atoms with Crippen molar-refractivity contribution >= 4 is 33.2 Å². The van der Waals surface area contributed by atoms with Crippen molar-refractivity contribution in [2.45, 2.75) is 25.9 Å². The van der Waals surface area contributed by atoms with Gasteiger partial charge in [-0.25, -0.2) is 0 Å². The van der Waals surface area contributed by atoms with E-state index in [-0.39, 0.29) is 17.6 Å². The third-order valence-corrected chi connectivity index (χ3v) is 4.62. The Balaban J connectivity index is 1.84. The molecule has 0 fully saturated rings. The number of hydrogen-bond donors (Lipinski definition) is 4. The van der Waals surface area contributed by atoms with E-state index in [4.69, 9.17) is 5.73 Å². The van der Waals surface area contributed by atoms with Gasteiger partial charge in [0.15, 0.2) is 0 Å². The molecule has 0 heterocycles. The van der Waals surface area contributed by atoms with Crippen LogP contribution >= 0.6 is 15.9 Å².